The van der Waals surface area contributed by atoms with Gasteiger partial charge < -0.3 is 15.1 Å². The molecule has 140 valence electrons. The number of aryl methyl sites for hydroxylation is 1. The van der Waals surface area contributed by atoms with Gasteiger partial charge in [-0.25, -0.2) is 9.18 Å². The van der Waals surface area contributed by atoms with E-state index in [4.69, 9.17) is 0 Å². The molecule has 2 aromatic carbocycles. The highest BCUT2D eigenvalue weighted by Crippen LogP contribution is 2.38. The van der Waals surface area contributed by atoms with Gasteiger partial charge in [0.1, 0.15) is 12.4 Å². The van der Waals surface area contributed by atoms with E-state index in [1.807, 2.05) is 23.1 Å². The molecule has 2 aliphatic heterocycles. The minimum Gasteiger partial charge on any atom is -0.332 e. The van der Waals surface area contributed by atoms with Crippen molar-refractivity contribution < 1.29 is 14.0 Å². The predicted molar refractivity (Wildman–Crippen MR) is 101 cm³/mol. The summed E-state index contributed by atoms with van der Waals surface area (Å²) in [6.45, 7) is 4.91. The van der Waals surface area contributed by atoms with Crippen molar-refractivity contribution in [2.45, 2.75) is 25.8 Å². The summed E-state index contributed by atoms with van der Waals surface area (Å²) in [5.74, 6) is -0.154. The molecule has 2 unspecified atom stereocenters. The summed E-state index contributed by atoms with van der Waals surface area (Å²) in [6, 6.07) is 12.1. The summed E-state index contributed by atoms with van der Waals surface area (Å²) >= 11 is 0. The van der Waals surface area contributed by atoms with Crippen LogP contribution in [0.5, 0.6) is 0 Å². The molecule has 0 aromatic heterocycles. The lowest BCUT2D eigenvalue weighted by atomic mass is 9.85. The topological polar surface area (TPSA) is 52.7 Å². The van der Waals surface area contributed by atoms with E-state index in [1.54, 1.807) is 19.1 Å². The highest BCUT2D eigenvalue weighted by atomic mass is 19.1. The van der Waals surface area contributed by atoms with Crippen molar-refractivity contribution in [1.82, 2.24) is 9.80 Å². The number of hydrogen-bond acceptors (Lipinski definition) is 2. The van der Waals surface area contributed by atoms with E-state index in [1.165, 1.54) is 16.5 Å². The van der Waals surface area contributed by atoms with Crippen molar-refractivity contribution in [2.75, 3.05) is 25.0 Å². The Hall–Kier alpha value is -2.89. The minimum absolute atomic E-state index is 0.0333. The molecule has 0 spiro atoms. The average Bonchev–Trinajstić information content (AvgIpc) is 2.65. The third-order valence-corrected chi connectivity index (χ3v) is 5.48. The normalized spacial score (nSPS) is 21.5. The number of halogens is 1. The molecule has 2 heterocycles. The predicted octanol–water partition coefficient (Wildman–Crippen LogP) is 3.67. The van der Waals surface area contributed by atoms with Gasteiger partial charge in [-0.1, -0.05) is 37.3 Å². The number of anilines is 1. The Balaban J connectivity index is 1.56. The minimum atomic E-state index is -0.387. The van der Waals surface area contributed by atoms with Gasteiger partial charge in [0.2, 0.25) is 5.91 Å². The van der Waals surface area contributed by atoms with E-state index in [0.717, 1.165) is 5.56 Å². The van der Waals surface area contributed by atoms with Crippen molar-refractivity contribution in [2.24, 2.45) is 0 Å². The van der Waals surface area contributed by atoms with Crippen LogP contribution in [0.25, 0.3) is 0 Å². The second kappa shape index (κ2) is 6.68. The van der Waals surface area contributed by atoms with E-state index in [2.05, 4.69) is 18.3 Å². The van der Waals surface area contributed by atoms with Crippen LogP contribution in [0.3, 0.4) is 0 Å². The fourth-order valence-corrected chi connectivity index (χ4v) is 3.98. The van der Waals surface area contributed by atoms with Gasteiger partial charge >= 0.3 is 6.03 Å². The molecule has 2 atom stereocenters. The molecular formula is C21H22FN3O2. The number of fused-ring (bicyclic) bond motifs is 3. The molecule has 2 aliphatic rings. The standard InChI is InChI=1S/C21H22FN3O2/c1-13-7-8-15(9-18(13)22)23-21(27)24-11-19-17-6-4-3-5-16(17)14(2)10-25(19)20(26)12-24/h3-9,14,19H,10-12H2,1-2H3,(H,23,27). The van der Waals surface area contributed by atoms with Gasteiger partial charge in [-0.05, 0) is 41.7 Å². The molecule has 1 fully saturated rings. The number of piperazine rings is 1. The summed E-state index contributed by atoms with van der Waals surface area (Å²) in [6.07, 6.45) is 0. The molecule has 6 heteroatoms. The van der Waals surface area contributed by atoms with Crippen LogP contribution in [0.15, 0.2) is 42.5 Å². The SMILES string of the molecule is Cc1ccc(NC(=O)N2CC(=O)N3CC(C)c4ccccc4C3C2)cc1F. The molecule has 27 heavy (non-hydrogen) atoms. The van der Waals surface area contributed by atoms with Crippen LogP contribution in [0.2, 0.25) is 0 Å². The van der Waals surface area contributed by atoms with Gasteiger partial charge in [-0.3, -0.25) is 4.79 Å². The first kappa shape index (κ1) is 17.5. The summed E-state index contributed by atoms with van der Waals surface area (Å²) in [4.78, 5) is 28.8. The number of benzene rings is 2. The number of carbonyl (C=O) groups excluding carboxylic acids is 2. The molecule has 0 aliphatic carbocycles. The van der Waals surface area contributed by atoms with Crippen molar-refractivity contribution in [3.63, 3.8) is 0 Å². The summed E-state index contributed by atoms with van der Waals surface area (Å²) in [5, 5.41) is 2.70. The lowest BCUT2D eigenvalue weighted by Crippen LogP contribution is -2.56. The average molecular weight is 367 g/mol. The largest absolute Gasteiger partial charge is 0.332 e. The number of rotatable bonds is 1. The first-order chi connectivity index (χ1) is 12.9. The molecule has 1 saturated heterocycles. The number of hydrogen-bond donors (Lipinski definition) is 1. The van der Waals surface area contributed by atoms with Crippen LogP contribution < -0.4 is 5.32 Å². The number of nitrogens with one attached hydrogen (secondary N) is 1. The number of carbonyl (C=O) groups is 2. The number of amides is 3. The quantitative estimate of drug-likeness (QED) is 0.836. The lowest BCUT2D eigenvalue weighted by molar-refractivity contribution is -0.139. The zero-order valence-electron chi connectivity index (χ0n) is 15.4. The summed E-state index contributed by atoms with van der Waals surface area (Å²) < 4.78 is 13.7. The smallest absolute Gasteiger partial charge is 0.322 e. The van der Waals surface area contributed by atoms with Gasteiger partial charge in [0.25, 0.3) is 0 Å². The Morgan fingerprint density at radius 2 is 1.89 bits per heavy atom. The molecule has 3 amide bonds. The van der Waals surface area contributed by atoms with Crippen LogP contribution in [0.4, 0.5) is 14.9 Å². The Morgan fingerprint density at radius 1 is 1.15 bits per heavy atom. The molecule has 0 saturated carbocycles. The highest BCUT2D eigenvalue weighted by Gasteiger charge is 2.40. The first-order valence-electron chi connectivity index (χ1n) is 9.14. The summed E-state index contributed by atoms with van der Waals surface area (Å²) in [5.41, 5.74) is 3.23. The van der Waals surface area contributed by atoms with E-state index in [-0.39, 0.29) is 36.3 Å². The molecule has 5 nitrogen and oxygen atoms in total. The number of urea groups is 1. The van der Waals surface area contributed by atoms with Crippen LogP contribution in [0, 0.1) is 12.7 Å². The fourth-order valence-electron chi connectivity index (χ4n) is 3.98. The summed E-state index contributed by atoms with van der Waals surface area (Å²) in [7, 11) is 0. The third-order valence-electron chi connectivity index (χ3n) is 5.48. The fraction of sp³-hybridized carbons (Fsp3) is 0.333. The molecule has 2 aromatic rings. The van der Waals surface area contributed by atoms with Crippen molar-refractivity contribution in [3.8, 4) is 0 Å². The molecular weight excluding hydrogens is 345 g/mol. The molecule has 1 N–H and O–H groups in total. The van der Waals surface area contributed by atoms with Gasteiger partial charge in [0, 0.05) is 18.8 Å². The van der Waals surface area contributed by atoms with Crippen molar-refractivity contribution in [1.29, 1.82) is 0 Å². The Bertz CT molecular complexity index is 914. The zero-order valence-corrected chi connectivity index (χ0v) is 15.4. The van der Waals surface area contributed by atoms with E-state index in [9.17, 15) is 14.0 Å². The Labute approximate surface area is 157 Å². The lowest BCUT2D eigenvalue weighted by Gasteiger charge is -2.46. The Morgan fingerprint density at radius 3 is 2.63 bits per heavy atom. The maximum Gasteiger partial charge on any atom is 0.322 e. The molecule has 0 radical (unpaired) electrons. The van der Waals surface area contributed by atoms with Crippen molar-refractivity contribution >= 4 is 17.6 Å². The second-order valence-corrected chi connectivity index (χ2v) is 7.37. The van der Waals surface area contributed by atoms with Crippen LogP contribution in [-0.4, -0.2) is 41.4 Å². The molecule has 0 bridgehead atoms. The second-order valence-electron chi connectivity index (χ2n) is 7.37. The number of nitrogens with zero attached hydrogens (tertiary/aromatic N) is 2. The van der Waals surface area contributed by atoms with Crippen molar-refractivity contribution in [3.05, 3.63) is 65.0 Å². The monoisotopic (exact) mass is 367 g/mol. The molecule has 4 rings (SSSR count). The van der Waals surface area contributed by atoms with Gasteiger partial charge in [-0.2, -0.15) is 0 Å². The van der Waals surface area contributed by atoms with Gasteiger partial charge in [0.15, 0.2) is 0 Å². The van der Waals surface area contributed by atoms with Crippen LogP contribution in [-0.2, 0) is 4.79 Å². The third kappa shape index (κ3) is 3.16. The van der Waals surface area contributed by atoms with Crippen LogP contribution >= 0.6 is 0 Å². The zero-order chi connectivity index (χ0) is 19.1. The van der Waals surface area contributed by atoms with Gasteiger partial charge in [0.05, 0.1) is 6.04 Å². The van der Waals surface area contributed by atoms with Gasteiger partial charge in [-0.15, -0.1) is 0 Å². The van der Waals surface area contributed by atoms with E-state index in [0.29, 0.717) is 24.3 Å². The maximum atomic E-state index is 13.7. The van der Waals surface area contributed by atoms with E-state index >= 15 is 0 Å². The highest BCUT2D eigenvalue weighted by molar-refractivity contribution is 5.93. The van der Waals surface area contributed by atoms with E-state index < -0.39 is 0 Å². The first-order valence-corrected chi connectivity index (χ1v) is 9.14. The maximum absolute atomic E-state index is 13.7. The Kier molecular flexibility index (Phi) is 4.34. The van der Waals surface area contributed by atoms with Crippen LogP contribution in [0.1, 0.15) is 35.6 Å².